The third-order valence-electron chi connectivity index (χ3n) is 3.64. The first-order valence-electron chi connectivity index (χ1n) is 6.39. The molecule has 0 radical (unpaired) electrons. The molecule has 1 fully saturated rings. The Hall–Kier alpha value is -0.870. The van der Waals surface area contributed by atoms with Gasteiger partial charge in [0.25, 0.3) is 0 Å². The van der Waals surface area contributed by atoms with Gasteiger partial charge in [0, 0.05) is 35.8 Å². The molecule has 0 unspecified atom stereocenters. The van der Waals surface area contributed by atoms with Gasteiger partial charge in [-0.2, -0.15) is 0 Å². The maximum absolute atomic E-state index is 6.04. The zero-order valence-electron chi connectivity index (χ0n) is 10.7. The Bertz CT molecular complexity index is 598. The van der Waals surface area contributed by atoms with E-state index in [-0.39, 0.29) is 0 Å². The Morgan fingerprint density at radius 2 is 2.21 bits per heavy atom. The normalized spacial score (nSPS) is 22.3. The molecule has 3 nitrogen and oxygen atoms in total. The number of rotatable bonds is 3. The molecule has 0 aliphatic heterocycles. The lowest BCUT2D eigenvalue weighted by molar-refractivity contribution is 0.329. The van der Waals surface area contributed by atoms with Crippen LogP contribution < -0.4 is 4.90 Å². The molecule has 5 heteroatoms. The Kier molecular flexibility index (Phi) is 3.63. The molecule has 0 N–H and O–H groups in total. The SMILES string of the molecule is CN(CC1CC(Cl)C1)c1ccnc2cc(Br)cnc12. The molecule has 0 amide bonds. The van der Waals surface area contributed by atoms with E-state index in [0.717, 1.165) is 40.6 Å². The van der Waals surface area contributed by atoms with E-state index in [1.165, 1.54) is 0 Å². The molecule has 0 atom stereocenters. The van der Waals surface area contributed by atoms with Crippen LogP contribution in [0.3, 0.4) is 0 Å². The van der Waals surface area contributed by atoms with Crippen molar-refractivity contribution in [1.29, 1.82) is 0 Å². The van der Waals surface area contributed by atoms with Crippen LogP contribution in [0.25, 0.3) is 11.0 Å². The number of nitrogens with zero attached hydrogens (tertiary/aromatic N) is 3. The van der Waals surface area contributed by atoms with Gasteiger partial charge in [0.1, 0.15) is 5.52 Å². The van der Waals surface area contributed by atoms with Crippen molar-refractivity contribution in [3.05, 3.63) is 29.0 Å². The second-order valence-corrected chi connectivity index (χ2v) is 6.70. The smallest absolute Gasteiger partial charge is 0.112 e. The molecule has 2 aromatic rings. The molecule has 1 aliphatic rings. The highest BCUT2D eigenvalue weighted by Crippen LogP contribution is 2.34. The topological polar surface area (TPSA) is 29.0 Å². The summed E-state index contributed by atoms with van der Waals surface area (Å²) < 4.78 is 0.955. The van der Waals surface area contributed by atoms with Crippen molar-refractivity contribution in [2.45, 2.75) is 18.2 Å². The van der Waals surface area contributed by atoms with Crippen LogP contribution in [0.4, 0.5) is 5.69 Å². The van der Waals surface area contributed by atoms with E-state index < -0.39 is 0 Å². The van der Waals surface area contributed by atoms with Crippen LogP contribution in [0.2, 0.25) is 0 Å². The Labute approximate surface area is 126 Å². The number of halogens is 2. The summed E-state index contributed by atoms with van der Waals surface area (Å²) >= 11 is 9.47. The summed E-state index contributed by atoms with van der Waals surface area (Å²) in [5, 5.41) is 0.377. The molecule has 1 aliphatic carbocycles. The molecule has 2 aromatic heterocycles. The zero-order chi connectivity index (χ0) is 13.4. The quantitative estimate of drug-likeness (QED) is 0.795. The zero-order valence-corrected chi connectivity index (χ0v) is 13.0. The fourth-order valence-electron chi connectivity index (χ4n) is 2.59. The second-order valence-electron chi connectivity index (χ2n) is 5.17. The number of hydrogen-bond acceptors (Lipinski definition) is 3. The molecule has 0 spiro atoms. The van der Waals surface area contributed by atoms with E-state index >= 15 is 0 Å². The fourth-order valence-corrected chi connectivity index (χ4v) is 3.41. The van der Waals surface area contributed by atoms with Crippen LogP contribution in [-0.4, -0.2) is 28.9 Å². The molecule has 100 valence electrons. The number of fused-ring (bicyclic) bond motifs is 1. The van der Waals surface area contributed by atoms with Gasteiger partial charge in [-0.15, -0.1) is 11.6 Å². The van der Waals surface area contributed by atoms with E-state index in [2.05, 4.69) is 37.8 Å². The third-order valence-corrected chi connectivity index (χ3v) is 4.43. The van der Waals surface area contributed by atoms with Crippen LogP contribution in [0, 0.1) is 5.92 Å². The molecular formula is C14H15BrClN3. The third kappa shape index (κ3) is 2.70. The van der Waals surface area contributed by atoms with E-state index in [4.69, 9.17) is 11.6 Å². The first-order chi connectivity index (χ1) is 9.13. The van der Waals surface area contributed by atoms with Crippen molar-refractivity contribution >= 4 is 44.3 Å². The van der Waals surface area contributed by atoms with E-state index in [9.17, 15) is 0 Å². The minimum absolute atomic E-state index is 0.377. The first-order valence-corrected chi connectivity index (χ1v) is 7.62. The number of alkyl halides is 1. The predicted octanol–water partition coefficient (Wildman–Crippen LogP) is 3.85. The second kappa shape index (κ2) is 5.25. The highest BCUT2D eigenvalue weighted by molar-refractivity contribution is 9.10. The summed E-state index contributed by atoms with van der Waals surface area (Å²) in [5.41, 5.74) is 3.01. The molecular weight excluding hydrogens is 326 g/mol. The van der Waals surface area contributed by atoms with E-state index in [1.54, 1.807) is 0 Å². The average molecular weight is 341 g/mol. The van der Waals surface area contributed by atoms with Crippen molar-refractivity contribution < 1.29 is 0 Å². The first kappa shape index (κ1) is 13.1. The number of anilines is 1. The van der Waals surface area contributed by atoms with Gasteiger partial charge in [-0.05, 0) is 46.8 Å². The van der Waals surface area contributed by atoms with Gasteiger partial charge in [0.15, 0.2) is 0 Å². The number of pyridine rings is 2. The van der Waals surface area contributed by atoms with Crippen LogP contribution in [0.1, 0.15) is 12.8 Å². The monoisotopic (exact) mass is 339 g/mol. The average Bonchev–Trinajstić information content (AvgIpc) is 2.35. The Balaban J connectivity index is 1.87. The maximum atomic E-state index is 6.04. The van der Waals surface area contributed by atoms with Crippen LogP contribution in [-0.2, 0) is 0 Å². The van der Waals surface area contributed by atoms with Crippen molar-refractivity contribution in [2.75, 3.05) is 18.5 Å². The summed E-state index contributed by atoms with van der Waals surface area (Å²) in [6, 6.07) is 4.03. The van der Waals surface area contributed by atoms with E-state index in [1.807, 2.05) is 24.5 Å². The molecule has 3 rings (SSSR count). The van der Waals surface area contributed by atoms with Crippen molar-refractivity contribution in [1.82, 2.24) is 9.97 Å². The summed E-state index contributed by atoms with van der Waals surface area (Å²) in [6.07, 6.45) is 5.90. The molecule has 0 aromatic carbocycles. The van der Waals surface area contributed by atoms with Gasteiger partial charge in [-0.25, -0.2) is 0 Å². The molecule has 19 heavy (non-hydrogen) atoms. The van der Waals surface area contributed by atoms with Crippen molar-refractivity contribution in [3.63, 3.8) is 0 Å². The van der Waals surface area contributed by atoms with Crippen molar-refractivity contribution in [2.24, 2.45) is 5.92 Å². The fraction of sp³-hybridized carbons (Fsp3) is 0.429. The van der Waals surface area contributed by atoms with Gasteiger partial charge >= 0.3 is 0 Å². The number of aromatic nitrogens is 2. The van der Waals surface area contributed by atoms with Crippen LogP contribution in [0.15, 0.2) is 29.0 Å². The van der Waals surface area contributed by atoms with Gasteiger partial charge < -0.3 is 4.90 Å². The molecule has 0 bridgehead atoms. The largest absolute Gasteiger partial charge is 0.372 e. The van der Waals surface area contributed by atoms with Gasteiger partial charge in [0.2, 0.25) is 0 Å². The Morgan fingerprint density at radius 3 is 2.95 bits per heavy atom. The van der Waals surface area contributed by atoms with Gasteiger partial charge in [-0.1, -0.05) is 0 Å². The summed E-state index contributed by atoms with van der Waals surface area (Å²) in [7, 11) is 2.11. The molecule has 0 saturated heterocycles. The summed E-state index contributed by atoms with van der Waals surface area (Å²) in [4.78, 5) is 11.1. The maximum Gasteiger partial charge on any atom is 0.112 e. The van der Waals surface area contributed by atoms with Crippen LogP contribution in [0.5, 0.6) is 0 Å². The highest BCUT2D eigenvalue weighted by atomic mass is 79.9. The molecule has 1 saturated carbocycles. The lowest BCUT2D eigenvalue weighted by Crippen LogP contribution is -2.34. The van der Waals surface area contributed by atoms with Gasteiger partial charge in [0.05, 0.1) is 11.2 Å². The molecule has 2 heterocycles. The highest BCUT2D eigenvalue weighted by Gasteiger charge is 2.28. The predicted molar refractivity (Wildman–Crippen MR) is 82.9 cm³/mol. The summed E-state index contributed by atoms with van der Waals surface area (Å²) in [5.74, 6) is 0.700. The van der Waals surface area contributed by atoms with Crippen molar-refractivity contribution in [3.8, 4) is 0 Å². The van der Waals surface area contributed by atoms with E-state index in [0.29, 0.717) is 11.3 Å². The standard InChI is InChI=1S/C14H15BrClN3/c1-19(8-9-4-11(16)5-9)13-2-3-17-12-6-10(15)7-18-14(12)13/h2-3,6-7,9,11H,4-5,8H2,1H3. The minimum Gasteiger partial charge on any atom is -0.372 e. The van der Waals surface area contributed by atoms with Crippen LogP contribution >= 0.6 is 27.5 Å². The van der Waals surface area contributed by atoms with Gasteiger partial charge in [-0.3, -0.25) is 9.97 Å². The lowest BCUT2D eigenvalue weighted by Gasteiger charge is -2.35. The minimum atomic E-state index is 0.377. The summed E-state index contributed by atoms with van der Waals surface area (Å²) in [6.45, 7) is 1.03. The lowest BCUT2D eigenvalue weighted by atomic mass is 9.84. The Morgan fingerprint density at radius 1 is 1.42 bits per heavy atom. The number of hydrogen-bond donors (Lipinski definition) is 0.